The smallest absolute Gasteiger partial charge is 0.545 e. The van der Waals surface area contributed by atoms with Crippen LogP contribution in [0.5, 0.6) is 0 Å². The van der Waals surface area contributed by atoms with Gasteiger partial charge < -0.3 is 29.3 Å². The van der Waals surface area contributed by atoms with Crippen LogP contribution in [0.1, 0.15) is 325 Å². The summed E-state index contributed by atoms with van der Waals surface area (Å²) in [5.74, 6) is -3.90. The first-order chi connectivity index (χ1) is 37.2. The maximum atomic E-state index is 12.0. The van der Waals surface area contributed by atoms with E-state index in [9.17, 15) is 29.4 Å². The van der Waals surface area contributed by atoms with E-state index in [1.54, 1.807) is 24.3 Å². The molecule has 9 heteroatoms. The summed E-state index contributed by atoms with van der Waals surface area (Å²) in [4.78, 5) is 46.1. The quantitative estimate of drug-likeness (QED) is 0.0277. The van der Waals surface area contributed by atoms with Crippen LogP contribution in [0.15, 0.2) is 73.8 Å². The van der Waals surface area contributed by atoms with Gasteiger partial charge in [-0.15, -0.1) is 13.2 Å². The number of benzene rings is 2. The number of hydrogen-bond donors (Lipinski definition) is 0. The van der Waals surface area contributed by atoms with E-state index in [-0.39, 0.29) is 46.2 Å². The first kappa shape index (κ1) is 77.8. The van der Waals surface area contributed by atoms with Crippen molar-refractivity contribution in [1.29, 1.82) is 0 Å². The van der Waals surface area contributed by atoms with Crippen LogP contribution in [0.3, 0.4) is 0 Å². The molecule has 436 valence electrons. The Morgan fingerprint density at radius 1 is 0.364 bits per heavy atom. The minimum Gasteiger partial charge on any atom is -0.545 e. The molecule has 0 fully saturated rings. The summed E-state index contributed by atoms with van der Waals surface area (Å²) in [6.45, 7) is 20.2. The molecule has 4 radical (unpaired) electrons. The van der Waals surface area contributed by atoms with Crippen molar-refractivity contribution in [3.05, 3.63) is 110 Å². The Bertz CT molecular complexity index is 1510. The van der Waals surface area contributed by atoms with Crippen LogP contribution in [-0.4, -0.2) is 61.0 Å². The Hall–Kier alpha value is -3.40. The molecule has 8 nitrogen and oxygen atoms in total. The fourth-order valence-corrected chi connectivity index (χ4v) is 8.75. The fourth-order valence-electron chi connectivity index (χ4n) is 8.75. The summed E-state index contributed by atoms with van der Waals surface area (Å²) < 4.78 is 10.4. The second kappa shape index (κ2) is 63.4. The Morgan fingerprint density at radius 2 is 0.584 bits per heavy atom. The molecule has 0 bridgehead atoms. The van der Waals surface area contributed by atoms with Crippen LogP contribution in [-0.2, 0) is 9.47 Å². The van der Waals surface area contributed by atoms with Gasteiger partial charge in [-0.1, -0.05) is 307 Å². The van der Waals surface area contributed by atoms with Gasteiger partial charge in [-0.2, -0.15) is 0 Å². The molecule has 0 unspecified atom stereocenters. The second-order valence-corrected chi connectivity index (χ2v) is 20.5. The molecule has 0 atom stereocenters. The zero-order valence-corrected chi connectivity index (χ0v) is 52.3. The first-order valence-corrected chi connectivity index (χ1v) is 30.9. The summed E-state index contributed by atoms with van der Waals surface area (Å²) in [5, 5.41) is 22.1. The minimum atomic E-state index is -1.36. The van der Waals surface area contributed by atoms with Gasteiger partial charge in [0.2, 0.25) is 0 Å². The summed E-state index contributed by atoms with van der Waals surface area (Å²) in [7, 11) is 0. The third-order valence-corrected chi connectivity index (χ3v) is 13.5. The molecule has 0 aliphatic carbocycles. The number of unbranched alkanes of at least 4 members (excludes halogenated alkanes) is 38. The third-order valence-electron chi connectivity index (χ3n) is 13.5. The van der Waals surface area contributed by atoms with Crippen molar-refractivity contribution in [1.82, 2.24) is 0 Å². The Kier molecular flexibility index (Phi) is 64.1. The van der Waals surface area contributed by atoms with E-state index in [0.717, 1.165) is 64.2 Å². The molecule has 0 aliphatic rings. The molecule has 2 aromatic carbocycles. The van der Waals surface area contributed by atoms with Crippen molar-refractivity contribution >= 4 is 47.8 Å². The van der Waals surface area contributed by atoms with E-state index in [0.29, 0.717) is 13.2 Å². The number of hydrogen-bond acceptors (Lipinski definition) is 8. The maximum absolute atomic E-state index is 12.0. The fraction of sp³-hybridized carbons (Fsp3) is 0.676. The van der Waals surface area contributed by atoms with Gasteiger partial charge in [-0.05, 0) is 50.7 Å². The average molecular weight is 1180 g/mol. The summed E-state index contributed by atoms with van der Waals surface area (Å²) >= 11 is 0. The zero-order chi connectivity index (χ0) is 56.2. The number of carbonyl (C=O) groups is 4. The molecule has 0 saturated heterocycles. The molecular formula is C68H112O8Sn. The topological polar surface area (TPSA) is 133 Å². The molecule has 0 spiro atoms. The molecule has 0 N–H and O–H groups in total. The van der Waals surface area contributed by atoms with Gasteiger partial charge in [0, 0.05) is 11.1 Å². The van der Waals surface area contributed by atoms with E-state index in [1.807, 2.05) is 12.2 Å². The van der Waals surface area contributed by atoms with Crippen molar-refractivity contribution in [3.63, 3.8) is 0 Å². The standard InChI is InChI=1S/2C26H40O4.2C8H17.Sn/c2*1-2-3-4-5-6-7-8-9-10-11-12-13-14-15-16-19-22-30-26(29)24-21-18-17-20-23(24)25(27)28;2*1-3-5-7-8-6-4-2;/h2*2,17-18,20-21H,1,3-16,19,22H2,(H,27,28);2*1,3-8H2,2H3;/q;;;;+2/p-2. The van der Waals surface area contributed by atoms with Gasteiger partial charge in [0.15, 0.2) is 0 Å². The molecule has 0 heterocycles. The van der Waals surface area contributed by atoms with Gasteiger partial charge in [0.1, 0.15) is 0 Å². The van der Waals surface area contributed by atoms with E-state index in [2.05, 4.69) is 40.9 Å². The van der Waals surface area contributed by atoms with Gasteiger partial charge in [-0.3, -0.25) is 0 Å². The number of allylic oxidation sites excluding steroid dienone is 2. The van der Waals surface area contributed by atoms with Crippen molar-refractivity contribution in [2.75, 3.05) is 13.2 Å². The van der Waals surface area contributed by atoms with Crippen molar-refractivity contribution in [3.8, 4) is 0 Å². The van der Waals surface area contributed by atoms with Gasteiger partial charge >= 0.3 is 35.8 Å². The molecular weight excluding hydrogens is 1060 g/mol. The number of carboxylic acid groups (broad SMARTS) is 2. The Morgan fingerprint density at radius 3 is 0.818 bits per heavy atom. The first-order valence-electron chi connectivity index (χ1n) is 30.9. The van der Waals surface area contributed by atoms with Gasteiger partial charge in [0.25, 0.3) is 0 Å². The molecule has 0 aliphatic heterocycles. The van der Waals surface area contributed by atoms with Crippen LogP contribution in [0.2, 0.25) is 0 Å². The van der Waals surface area contributed by atoms with Gasteiger partial charge in [0.05, 0.1) is 36.3 Å². The van der Waals surface area contributed by atoms with Crippen molar-refractivity contribution < 1.29 is 38.9 Å². The third kappa shape index (κ3) is 53.0. The van der Waals surface area contributed by atoms with Crippen LogP contribution in [0, 0.1) is 13.8 Å². The van der Waals surface area contributed by atoms with Crippen LogP contribution in [0.25, 0.3) is 0 Å². The zero-order valence-electron chi connectivity index (χ0n) is 49.5. The summed E-state index contributed by atoms with van der Waals surface area (Å²) in [6, 6.07) is 12.0. The average Bonchev–Trinajstić information content (AvgIpc) is 3.43. The number of esters is 2. The Balaban J connectivity index is -0.00000109. The number of rotatable bonds is 48. The molecule has 2 rings (SSSR count). The second-order valence-electron chi connectivity index (χ2n) is 20.5. The molecule has 0 saturated carbocycles. The summed E-state index contributed by atoms with van der Waals surface area (Å²) in [6.07, 6.45) is 57.6. The predicted molar refractivity (Wildman–Crippen MR) is 324 cm³/mol. The molecule has 0 amide bonds. The molecule has 77 heavy (non-hydrogen) atoms. The number of ether oxygens (including phenoxy) is 2. The molecule has 0 aromatic heterocycles. The normalized spacial score (nSPS) is 10.3. The summed E-state index contributed by atoms with van der Waals surface area (Å²) in [5.41, 5.74) is -0.118. The van der Waals surface area contributed by atoms with E-state index >= 15 is 0 Å². The van der Waals surface area contributed by atoms with Crippen molar-refractivity contribution in [2.24, 2.45) is 0 Å². The predicted octanol–water partition coefficient (Wildman–Crippen LogP) is 18.5. The number of carbonyl (C=O) groups excluding carboxylic acids is 4. The van der Waals surface area contributed by atoms with Crippen LogP contribution >= 0.6 is 0 Å². The van der Waals surface area contributed by atoms with E-state index in [4.69, 9.17) is 9.47 Å². The minimum absolute atomic E-state index is 0. The largest absolute Gasteiger partial charge is 2.00 e. The van der Waals surface area contributed by atoms with Crippen LogP contribution < -0.4 is 10.2 Å². The number of carboxylic acids is 2. The van der Waals surface area contributed by atoms with Gasteiger partial charge in [-0.25, -0.2) is 9.59 Å². The monoisotopic (exact) mass is 1180 g/mol. The van der Waals surface area contributed by atoms with E-state index < -0.39 is 23.9 Å². The SMILES string of the molecule is C=CCCCCCCCCCCCCCCCCOC(=O)c1ccccc1C(=O)[O-].C=CCCCCCCCCCCCCCCCCOC(=O)c1ccccc1C(=O)[O-].[CH2]CCCCCCC.[CH2]CCCCCCC.[Sn+2]. The van der Waals surface area contributed by atoms with E-state index in [1.165, 1.54) is 230 Å². The maximum Gasteiger partial charge on any atom is 2.00 e. The Labute approximate surface area is 490 Å². The van der Waals surface area contributed by atoms with Crippen LogP contribution in [0.4, 0.5) is 0 Å². The van der Waals surface area contributed by atoms with Crippen molar-refractivity contribution in [2.45, 2.75) is 284 Å². The number of aromatic carboxylic acids is 2. The molecule has 2 aromatic rings.